The van der Waals surface area contributed by atoms with E-state index in [0.29, 0.717) is 45.6 Å². The van der Waals surface area contributed by atoms with E-state index in [0.717, 1.165) is 19.3 Å². The Morgan fingerprint density at radius 1 is 0.824 bits per heavy atom. The highest BCUT2D eigenvalue weighted by molar-refractivity contribution is 5.81. The number of hydrogen-bond donors (Lipinski definition) is 5. The van der Waals surface area contributed by atoms with Gasteiger partial charge < -0.3 is 35.6 Å². The van der Waals surface area contributed by atoms with E-state index in [1.165, 1.54) is 0 Å². The molecule has 2 unspecified atom stereocenters. The fourth-order valence-electron chi connectivity index (χ4n) is 3.55. The molecule has 0 aliphatic carbocycles. The van der Waals surface area contributed by atoms with Gasteiger partial charge in [-0.05, 0) is 65.3 Å². The lowest BCUT2D eigenvalue weighted by molar-refractivity contribution is -0.152. The number of ether oxygens (including phenoxy) is 1. The summed E-state index contributed by atoms with van der Waals surface area (Å²) in [5.41, 5.74) is -0.0628. The molecule has 0 aromatic carbocycles. The standard InChI is InChI=1S/C23H43N3O8/c1-5-23(6-2,7-3)16-34-20(29)15-18(22(32)33)25-11-9-13-26(4)12-8-10-24-17(21(30)31)14-19(27)28/h17-18,24-25H,5-16H2,1-4H3,(H,27,28)(H,30,31)(H,32,33). The third-order valence-corrected chi connectivity index (χ3v) is 6.35. The van der Waals surface area contributed by atoms with Gasteiger partial charge >= 0.3 is 23.9 Å². The number of nitrogens with zero attached hydrogens (tertiary/aromatic N) is 1. The molecule has 0 bridgehead atoms. The number of carbonyl (C=O) groups is 4. The molecule has 0 saturated carbocycles. The number of aliphatic carboxylic acids is 3. The first-order chi connectivity index (χ1) is 16.0. The number of carbonyl (C=O) groups excluding carboxylic acids is 1. The Hall–Kier alpha value is -2.24. The number of hydrogen-bond acceptors (Lipinski definition) is 8. The van der Waals surface area contributed by atoms with E-state index in [4.69, 9.17) is 14.9 Å². The van der Waals surface area contributed by atoms with Crippen LogP contribution in [-0.2, 0) is 23.9 Å². The molecule has 0 aromatic heterocycles. The third kappa shape index (κ3) is 13.5. The Morgan fingerprint density at radius 3 is 1.65 bits per heavy atom. The topological polar surface area (TPSA) is 165 Å². The van der Waals surface area contributed by atoms with Gasteiger partial charge in [-0.1, -0.05) is 20.8 Å². The molecule has 0 aliphatic rings. The first kappa shape index (κ1) is 31.8. The van der Waals surface area contributed by atoms with E-state index in [1.54, 1.807) is 0 Å². The summed E-state index contributed by atoms with van der Waals surface area (Å²) in [6, 6.07) is -2.13. The molecule has 0 amide bonds. The van der Waals surface area contributed by atoms with E-state index in [-0.39, 0.29) is 11.8 Å². The Bertz CT molecular complexity index is 631. The summed E-state index contributed by atoms with van der Waals surface area (Å²) in [6.07, 6.45) is 3.24. The highest BCUT2D eigenvalue weighted by Crippen LogP contribution is 2.30. The van der Waals surface area contributed by atoms with Gasteiger partial charge in [0.1, 0.15) is 12.1 Å². The zero-order valence-corrected chi connectivity index (χ0v) is 21.0. The molecule has 11 heteroatoms. The van der Waals surface area contributed by atoms with E-state index in [9.17, 15) is 24.3 Å². The molecule has 11 nitrogen and oxygen atoms in total. The second-order valence-corrected chi connectivity index (χ2v) is 8.72. The summed E-state index contributed by atoms with van der Waals surface area (Å²) in [4.78, 5) is 47.4. The smallest absolute Gasteiger partial charge is 0.321 e. The Kier molecular flexibility index (Phi) is 16.1. The van der Waals surface area contributed by atoms with Crippen LogP contribution >= 0.6 is 0 Å². The fourth-order valence-corrected chi connectivity index (χ4v) is 3.55. The molecule has 34 heavy (non-hydrogen) atoms. The molecule has 2 atom stereocenters. The molecule has 0 saturated heterocycles. The van der Waals surface area contributed by atoms with Gasteiger partial charge in [0, 0.05) is 5.41 Å². The van der Waals surface area contributed by atoms with Gasteiger partial charge in [0.15, 0.2) is 0 Å². The molecule has 0 heterocycles. The van der Waals surface area contributed by atoms with Crippen molar-refractivity contribution in [2.45, 2.75) is 77.8 Å². The lowest BCUT2D eigenvalue weighted by Gasteiger charge is -2.29. The van der Waals surface area contributed by atoms with Gasteiger partial charge in [-0.15, -0.1) is 0 Å². The normalized spacial score (nSPS) is 13.4. The van der Waals surface area contributed by atoms with Crippen molar-refractivity contribution >= 4 is 23.9 Å². The van der Waals surface area contributed by atoms with Crippen molar-refractivity contribution < 1.29 is 39.2 Å². The van der Waals surface area contributed by atoms with Crippen molar-refractivity contribution in [3.63, 3.8) is 0 Å². The predicted molar refractivity (Wildman–Crippen MR) is 127 cm³/mol. The highest BCUT2D eigenvalue weighted by Gasteiger charge is 2.28. The van der Waals surface area contributed by atoms with Crippen molar-refractivity contribution in [1.82, 2.24) is 15.5 Å². The van der Waals surface area contributed by atoms with Crippen LogP contribution < -0.4 is 10.6 Å². The van der Waals surface area contributed by atoms with Crippen LogP contribution in [0.15, 0.2) is 0 Å². The molecule has 5 N–H and O–H groups in total. The van der Waals surface area contributed by atoms with Crippen LogP contribution in [0.1, 0.15) is 65.7 Å². The van der Waals surface area contributed by atoms with Gasteiger partial charge in [-0.2, -0.15) is 0 Å². The zero-order valence-electron chi connectivity index (χ0n) is 21.0. The largest absolute Gasteiger partial charge is 0.481 e. The van der Waals surface area contributed by atoms with Gasteiger partial charge in [-0.25, -0.2) is 0 Å². The van der Waals surface area contributed by atoms with Crippen LogP contribution in [0.3, 0.4) is 0 Å². The van der Waals surface area contributed by atoms with Gasteiger partial charge in [0.25, 0.3) is 0 Å². The Morgan fingerprint density at radius 2 is 1.26 bits per heavy atom. The minimum atomic E-state index is -1.20. The minimum absolute atomic E-state index is 0.0628. The number of carboxylic acids is 3. The summed E-state index contributed by atoms with van der Waals surface area (Å²) in [7, 11) is 1.89. The zero-order chi connectivity index (χ0) is 26.1. The molecular weight excluding hydrogens is 446 g/mol. The fraction of sp³-hybridized carbons (Fsp3) is 0.826. The first-order valence-electron chi connectivity index (χ1n) is 12.0. The third-order valence-electron chi connectivity index (χ3n) is 6.35. The van der Waals surface area contributed by atoms with Crippen LogP contribution in [0.2, 0.25) is 0 Å². The van der Waals surface area contributed by atoms with Gasteiger partial charge in [0.2, 0.25) is 0 Å². The summed E-state index contributed by atoms with van der Waals surface area (Å²) in [6.45, 7) is 8.58. The predicted octanol–water partition coefficient (Wildman–Crippen LogP) is 1.41. The maximum Gasteiger partial charge on any atom is 0.321 e. The summed E-state index contributed by atoms with van der Waals surface area (Å²) in [5, 5.41) is 32.8. The van der Waals surface area contributed by atoms with Crippen molar-refractivity contribution in [1.29, 1.82) is 0 Å². The summed E-state index contributed by atoms with van der Waals surface area (Å²) in [5.74, 6) is -3.99. The number of esters is 1. The molecule has 0 aromatic rings. The summed E-state index contributed by atoms with van der Waals surface area (Å²) < 4.78 is 5.39. The van der Waals surface area contributed by atoms with E-state index < -0.39 is 42.4 Å². The minimum Gasteiger partial charge on any atom is -0.481 e. The number of rotatable bonds is 21. The molecule has 0 fully saturated rings. The van der Waals surface area contributed by atoms with Gasteiger partial charge in [-0.3, -0.25) is 19.2 Å². The summed E-state index contributed by atoms with van der Waals surface area (Å²) >= 11 is 0. The molecular formula is C23H43N3O8. The number of carboxylic acid groups (broad SMARTS) is 3. The van der Waals surface area contributed by atoms with Crippen LogP contribution in [0.4, 0.5) is 0 Å². The second-order valence-electron chi connectivity index (χ2n) is 8.72. The molecule has 0 rings (SSSR count). The Balaban J connectivity index is 4.23. The van der Waals surface area contributed by atoms with E-state index >= 15 is 0 Å². The van der Waals surface area contributed by atoms with Crippen LogP contribution in [-0.4, -0.2) is 96.0 Å². The maximum absolute atomic E-state index is 12.2. The number of nitrogens with one attached hydrogen (secondary N) is 2. The van der Waals surface area contributed by atoms with Crippen molar-refractivity contribution in [2.75, 3.05) is 39.8 Å². The lowest BCUT2D eigenvalue weighted by Crippen LogP contribution is -2.41. The van der Waals surface area contributed by atoms with Crippen molar-refractivity contribution in [3.05, 3.63) is 0 Å². The van der Waals surface area contributed by atoms with Crippen molar-refractivity contribution in [3.8, 4) is 0 Å². The maximum atomic E-state index is 12.2. The first-order valence-corrected chi connectivity index (χ1v) is 12.0. The second kappa shape index (κ2) is 17.2. The Labute approximate surface area is 202 Å². The van der Waals surface area contributed by atoms with Crippen LogP contribution in [0.25, 0.3) is 0 Å². The average molecular weight is 490 g/mol. The van der Waals surface area contributed by atoms with Gasteiger partial charge in [0.05, 0.1) is 19.4 Å². The lowest BCUT2D eigenvalue weighted by atomic mass is 9.81. The highest BCUT2D eigenvalue weighted by atomic mass is 16.5. The molecule has 0 aliphatic heterocycles. The SMILES string of the molecule is CCC(CC)(CC)COC(=O)CC(NCCCN(C)CCCNC(CC(=O)O)C(=O)O)C(=O)O. The monoisotopic (exact) mass is 489 g/mol. The van der Waals surface area contributed by atoms with Crippen molar-refractivity contribution in [2.24, 2.45) is 5.41 Å². The molecule has 0 radical (unpaired) electrons. The molecule has 198 valence electrons. The molecule has 0 spiro atoms. The quantitative estimate of drug-likeness (QED) is 0.117. The van der Waals surface area contributed by atoms with Crippen LogP contribution in [0.5, 0.6) is 0 Å². The van der Waals surface area contributed by atoms with Crippen LogP contribution in [0, 0.1) is 5.41 Å². The van der Waals surface area contributed by atoms with E-state index in [1.807, 2.05) is 11.9 Å². The van der Waals surface area contributed by atoms with E-state index in [2.05, 4.69) is 31.4 Å². The average Bonchev–Trinajstić information content (AvgIpc) is 2.78.